The number of carbonyl (C=O) groups is 1. The van der Waals surface area contributed by atoms with Gasteiger partial charge in [0.1, 0.15) is 6.61 Å². The molecule has 0 unspecified atom stereocenters. The molecule has 0 atom stereocenters. The molecule has 96 valence electrons. The van der Waals surface area contributed by atoms with Gasteiger partial charge < -0.3 is 9.84 Å². The SMILES string of the molecule is O=C(O)c1cn(CCCOCC(F)(F)F)nn1. The Kier molecular flexibility index (Phi) is 4.44. The van der Waals surface area contributed by atoms with Gasteiger partial charge in [-0.25, -0.2) is 4.79 Å². The zero-order chi connectivity index (χ0) is 12.9. The van der Waals surface area contributed by atoms with Gasteiger partial charge in [0.25, 0.3) is 0 Å². The minimum atomic E-state index is -4.33. The van der Waals surface area contributed by atoms with Gasteiger partial charge in [-0.05, 0) is 6.42 Å². The van der Waals surface area contributed by atoms with Gasteiger partial charge in [0.05, 0.1) is 6.20 Å². The zero-order valence-electron chi connectivity index (χ0n) is 8.65. The van der Waals surface area contributed by atoms with E-state index in [0.29, 0.717) is 6.42 Å². The van der Waals surface area contributed by atoms with E-state index in [1.807, 2.05) is 0 Å². The molecule has 0 aliphatic carbocycles. The van der Waals surface area contributed by atoms with Crippen LogP contribution in [0.25, 0.3) is 0 Å². The first-order chi connectivity index (χ1) is 7.88. The number of aromatic nitrogens is 3. The predicted octanol–water partition coefficient (Wildman–Crippen LogP) is 0.945. The minimum Gasteiger partial charge on any atom is -0.476 e. The highest BCUT2D eigenvalue weighted by Gasteiger charge is 2.27. The van der Waals surface area contributed by atoms with Gasteiger partial charge in [-0.15, -0.1) is 5.10 Å². The number of alkyl halides is 3. The number of rotatable bonds is 6. The van der Waals surface area contributed by atoms with Crippen molar-refractivity contribution in [2.24, 2.45) is 0 Å². The molecule has 1 heterocycles. The van der Waals surface area contributed by atoms with Gasteiger partial charge in [-0.2, -0.15) is 13.2 Å². The van der Waals surface area contributed by atoms with Crippen LogP contribution in [-0.2, 0) is 11.3 Å². The van der Waals surface area contributed by atoms with E-state index >= 15 is 0 Å². The quantitative estimate of drug-likeness (QED) is 0.763. The second kappa shape index (κ2) is 5.62. The van der Waals surface area contributed by atoms with E-state index in [0.717, 1.165) is 0 Å². The Morgan fingerprint density at radius 1 is 1.53 bits per heavy atom. The van der Waals surface area contributed by atoms with Crippen molar-refractivity contribution >= 4 is 5.97 Å². The second-order valence-corrected chi connectivity index (χ2v) is 3.19. The van der Waals surface area contributed by atoms with Crippen molar-refractivity contribution in [1.29, 1.82) is 0 Å². The van der Waals surface area contributed by atoms with Gasteiger partial charge in [-0.1, -0.05) is 5.21 Å². The molecule has 0 amide bonds. The maximum absolute atomic E-state index is 11.7. The van der Waals surface area contributed by atoms with Crippen LogP contribution in [0.15, 0.2) is 6.20 Å². The smallest absolute Gasteiger partial charge is 0.411 e. The van der Waals surface area contributed by atoms with Crippen LogP contribution >= 0.6 is 0 Å². The minimum absolute atomic E-state index is 0.0816. The maximum Gasteiger partial charge on any atom is 0.411 e. The van der Waals surface area contributed by atoms with Crippen LogP contribution in [-0.4, -0.2) is 45.5 Å². The molecule has 6 nitrogen and oxygen atoms in total. The summed E-state index contributed by atoms with van der Waals surface area (Å²) in [5.74, 6) is -1.20. The zero-order valence-corrected chi connectivity index (χ0v) is 8.65. The van der Waals surface area contributed by atoms with Gasteiger partial charge in [0.2, 0.25) is 0 Å². The first-order valence-corrected chi connectivity index (χ1v) is 4.66. The lowest BCUT2D eigenvalue weighted by atomic mass is 10.4. The summed E-state index contributed by atoms with van der Waals surface area (Å²) in [6.45, 7) is -1.12. The molecule has 1 aromatic heterocycles. The molecule has 9 heteroatoms. The summed E-state index contributed by atoms with van der Waals surface area (Å²) >= 11 is 0. The third kappa shape index (κ3) is 5.29. The van der Waals surface area contributed by atoms with Crippen LogP contribution < -0.4 is 0 Å². The fourth-order valence-electron chi connectivity index (χ4n) is 1.02. The molecule has 0 radical (unpaired) electrons. The summed E-state index contributed by atoms with van der Waals surface area (Å²) in [4.78, 5) is 10.4. The normalized spacial score (nSPS) is 11.7. The van der Waals surface area contributed by atoms with Gasteiger partial charge in [0.15, 0.2) is 5.69 Å². The highest BCUT2D eigenvalue weighted by molar-refractivity contribution is 5.84. The lowest BCUT2D eigenvalue weighted by Crippen LogP contribution is -2.17. The first kappa shape index (κ1) is 13.4. The highest BCUT2D eigenvalue weighted by Crippen LogP contribution is 2.14. The molecule has 1 rings (SSSR count). The molecule has 1 N–H and O–H groups in total. The molecule has 1 aromatic rings. The Bertz CT molecular complexity index is 378. The number of hydrogen-bond donors (Lipinski definition) is 1. The summed E-state index contributed by atoms with van der Waals surface area (Å²) in [7, 11) is 0. The predicted molar refractivity (Wildman–Crippen MR) is 48.5 cm³/mol. The molecule has 0 aliphatic heterocycles. The Labute approximate surface area is 94.0 Å². The number of ether oxygens (including phenoxy) is 1. The van der Waals surface area contributed by atoms with E-state index in [1.54, 1.807) is 0 Å². The van der Waals surface area contributed by atoms with Crippen molar-refractivity contribution < 1.29 is 27.8 Å². The third-order valence-corrected chi connectivity index (χ3v) is 1.70. The molecular formula is C8H10F3N3O3. The second-order valence-electron chi connectivity index (χ2n) is 3.19. The Hall–Kier alpha value is -1.64. The summed E-state index contributed by atoms with van der Waals surface area (Å²) < 4.78 is 40.6. The van der Waals surface area contributed by atoms with Crippen molar-refractivity contribution in [3.05, 3.63) is 11.9 Å². The fourth-order valence-corrected chi connectivity index (χ4v) is 1.02. The highest BCUT2D eigenvalue weighted by atomic mass is 19.4. The van der Waals surface area contributed by atoms with E-state index in [4.69, 9.17) is 5.11 Å². The Morgan fingerprint density at radius 3 is 2.76 bits per heavy atom. The van der Waals surface area contributed by atoms with E-state index in [1.165, 1.54) is 10.9 Å². The first-order valence-electron chi connectivity index (χ1n) is 4.66. The Morgan fingerprint density at radius 2 is 2.24 bits per heavy atom. The standard InChI is InChI=1S/C8H10F3N3O3/c9-8(10,11)5-17-3-1-2-14-4-6(7(15)16)12-13-14/h4H,1-3,5H2,(H,15,16). The van der Waals surface area contributed by atoms with E-state index in [2.05, 4.69) is 15.0 Å². The van der Waals surface area contributed by atoms with Gasteiger partial charge >= 0.3 is 12.1 Å². The molecule has 0 spiro atoms. The lowest BCUT2D eigenvalue weighted by Gasteiger charge is -2.06. The largest absolute Gasteiger partial charge is 0.476 e. The molecule has 0 aromatic carbocycles. The van der Waals surface area contributed by atoms with Crippen molar-refractivity contribution in [2.75, 3.05) is 13.2 Å². The van der Waals surface area contributed by atoms with Gasteiger partial charge in [-0.3, -0.25) is 4.68 Å². The summed E-state index contributed by atoms with van der Waals surface area (Å²) in [6.07, 6.45) is -2.84. The van der Waals surface area contributed by atoms with Crippen LogP contribution in [0.2, 0.25) is 0 Å². The Balaban J connectivity index is 2.20. The molecule has 0 saturated carbocycles. The molecule has 0 bridgehead atoms. The molecule has 0 fully saturated rings. The van der Waals surface area contributed by atoms with Crippen molar-refractivity contribution in [2.45, 2.75) is 19.1 Å². The number of carboxylic acids is 1. The van der Waals surface area contributed by atoms with E-state index in [9.17, 15) is 18.0 Å². The third-order valence-electron chi connectivity index (χ3n) is 1.70. The lowest BCUT2D eigenvalue weighted by molar-refractivity contribution is -0.174. The van der Waals surface area contributed by atoms with Crippen molar-refractivity contribution in [1.82, 2.24) is 15.0 Å². The van der Waals surface area contributed by atoms with E-state index < -0.39 is 18.8 Å². The molecule has 0 saturated heterocycles. The number of halogens is 3. The maximum atomic E-state index is 11.7. The van der Waals surface area contributed by atoms with Crippen LogP contribution in [0.1, 0.15) is 16.9 Å². The molecular weight excluding hydrogens is 243 g/mol. The number of aryl methyl sites for hydroxylation is 1. The van der Waals surface area contributed by atoms with Crippen molar-refractivity contribution in [3.8, 4) is 0 Å². The molecule has 0 aliphatic rings. The van der Waals surface area contributed by atoms with Crippen LogP contribution in [0, 0.1) is 0 Å². The topological polar surface area (TPSA) is 77.2 Å². The molecule has 17 heavy (non-hydrogen) atoms. The summed E-state index contributed by atoms with van der Waals surface area (Å²) in [5, 5.41) is 15.4. The summed E-state index contributed by atoms with van der Waals surface area (Å²) in [6, 6.07) is 0. The number of hydrogen-bond acceptors (Lipinski definition) is 4. The van der Waals surface area contributed by atoms with Crippen LogP contribution in [0.4, 0.5) is 13.2 Å². The monoisotopic (exact) mass is 253 g/mol. The van der Waals surface area contributed by atoms with E-state index in [-0.39, 0.29) is 18.8 Å². The van der Waals surface area contributed by atoms with Crippen LogP contribution in [0.5, 0.6) is 0 Å². The number of carboxylic acid groups (broad SMARTS) is 1. The van der Waals surface area contributed by atoms with Crippen LogP contribution in [0.3, 0.4) is 0 Å². The summed E-state index contributed by atoms with van der Waals surface area (Å²) in [5.41, 5.74) is -0.207. The van der Waals surface area contributed by atoms with Crippen molar-refractivity contribution in [3.63, 3.8) is 0 Å². The number of aromatic carboxylic acids is 1. The van der Waals surface area contributed by atoms with Gasteiger partial charge in [0, 0.05) is 13.2 Å². The average Bonchev–Trinajstić information content (AvgIpc) is 2.64. The fraction of sp³-hybridized carbons (Fsp3) is 0.625. The number of nitrogens with zero attached hydrogens (tertiary/aromatic N) is 3. The average molecular weight is 253 g/mol.